The Morgan fingerprint density at radius 2 is 2.00 bits per heavy atom. The molecule has 28 valence electrons. The molecule has 0 aromatic carbocycles. The Morgan fingerprint density at radius 1 is 1.57 bits per heavy atom. The first-order valence-corrected chi connectivity index (χ1v) is 2.82. The molecule has 7 heteroatoms. The van der Waals surface area contributed by atoms with E-state index in [1.54, 1.807) is 0 Å². The summed E-state index contributed by atoms with van der Waals surface area (Å²) in [4.78, 5) is 0. The fourth-order valence-corrected chi connectivity index (χ4v) is 0.452. The SMILES string of the molecule is [B]B(S)B([B])B=S. The van der Waals surface area contributed by atoms with Crippen molar-refractivity contribution in [2.75, 3.05) is 0 Å². The van der Waals surface area contributed by atoms with Gasteiger partial charge in [0, 0.05) is 0 Å². The Hall–Kier alpha value is 0.895. The average molecular weight is 119 g/mol. The molecule has 0 saturated carbocycles. The maximum atomic E-state index is 5.25. The molecule has 0 aliphatic rings. The van der Waals surface area contributed by atoms with E-state index < -0.39 is 0 Å². The summed E-state index contributed by atoms with van der Waals surface area (Å²) < 4.78 is 0. The minimum atomic E-state index is -0.322. The average Bonchev–Trinajstić information content (AvgIpc) is 1.65. The van der Waals surface area contributed by atoms with Gasteiger partial charge >= 0.3 is 58.2 Å². The summed E-state index contributed by atoms with van der Waals surface area (Å²) in [6, 6.07) is 1.40. The van der Waals surface area contributed by atoms with Crippen molar-refractivity contribution in [3.8, 4) is 0 Å². The molecule has 0 N–H and O–H groups in total. The summed E-state index contributed by atoms with van der Waals surface area (Å²) in [7, 11) is 10.4. The van der Waals surface area contributed by atoms with E-state index in [4.69, 9.17) is 15.5 Å². The normalized spacial score (nSPS) is 7.00. The van der Waals surface area contributed by atoms with Gasteiger partial charge in [0.2, 0.25) is 0 Å². The van der Waals surface area contributed by atoms with Crippen LogP contribution in [0.3, 0.4) is 0 Å². The summed E-state index contributed by atoms with van der Waals surface area (Å²) in [5, 5.41) is 0. The summed E-state index contributed by atoms with van der Waals surface area (Å²) in [5.41, 5.74) is 0. The molecule has 0 rings (SSSR count). The molecule has 0 unspecified atom stereocenters. The Morgan fingerprint density at radius 3 is 2.00 bits per heavy atom. The van der Waals surface area contributed by atoms with Crippen molar-refractivity contribution >= 4 is 58.2 Å². The molecule has 0 fully saturated rings. The van der Waals surface area contributed by atoms with Gasteiger partial charge in [-0.1, -0.05) is 0 Å². The molecule has 4 radical (unpaired) electrons. The Bertz CT molecular complexity index is 59.1. The zero-order chi connectivity index (χ0) is 5.86. The first-order chi connectivity index (χ1) is 3.18. The van der Waals surface area contributed by atoms with E-state index in [9.17, 15) is 0 Å². The maximum absolute atomic E-state index is 5.25. The van der Waals surface area contributed by atoms with Gasteiger partial charge in [-0.05, 0) is 0 Å². The number of thiol groups is 1. The third kappa shape index (κ3) is 3.47. The zero-order valence-electron chi connectivity index (χ0n) is 3.74. The van der Waals surface area contributed by atoms with Gasteiger partial charge in [0.1, 0.15) is 0 Å². The van der Waals surface area contributed by atoms with Crippen molar-refractivity contribution in [3.63, 3.8) is 0 Å². The van der Waals surface area contributed by atoms with E-state index in [-0.39, 0.29) is 12.2 Å². The van der Waals surface area contributed by atoms with Crippen LogP contribution >= 0.6 is 24.5 Å². The summed E-state index contributed by atoms with van der Waals surface area (Å²) in [6.45, 7) is 0. The first-order valence-electron chi connectivity index (χ1n) is 1.83. The van der Waals surface area contributed by atoms with Gasteiger partial charge in [0.15, 0.2) is 0 Å². The van der Waals surface area contributed by atoms with Crippen LogP contribution in [0.4, 0.5) is 0 Å². The van der Waals surface area contributed by atoms with Gasteiger partial charge < -0.3 is 0 Å². The molecule has 0 amide bonds. The molecule has 0 aromatic rings. The van der Waals surface area contributed by atoms with E-state index >= 15 is 0 Å². The van der Waals surface area contributed by atoms with Gasteiger partial charge in [-0.3, -0.25) is 0 Å². The molecular weight excluding hydrogens is 118 g/mol. The summed E-state index contributed by atoms with van der Waals surface area (Å²) >= 11 is 8.30. The van der Waals surface area contributed by atoms with E-state index in [0.29, 0.717) is 0 Å². The molecule has 0 heterocycles. The number of rotatable bonds is 2. The van der Waals surface area contributed by atoms with Crippen molar-refractivity contribution in [1.82, 2.24) is 0 Å². The van der Waals surface area contributed by atoms with E-state index in [1.807, 2.05) is 0 Å². The molecular formula is HB5S2. The van der Waals surface area contributed by atoms with Gasteiger partial charge in [0.05, 0.1) is 0 Å². The molecule has 7 heavy (non-hydrogen) atoms. The van der Waals surface area contributed by atoms with E-state index in [2.05, 4.69) is 24.5 Å². The first kappa shape index (κ1) is 7.89. The molecule has 0 spiro atoms. The third-order valence-electron chi connectivity index (χ3n) is 0.551. The van der Waals surface area contributed by atoms with Crippen molar-refractivity contribution in [2.45, 2.75) is 0 Å². The molecule has 0 aliphatic carbocycles. The second kappa shape index (κ2) is 3.84. The fraction of sp³-hybridized carbons (Fsp3) is 0. The topological polar surface area (TPSA) is 0 Å². The minimum absolute atomic E-state index is 0.265. The number of hydrogen-bond acceptors (Lipinski definition) is 2. The van der Waals surface area contributed by atoms with Crippen LogP contribution in [-0.2, 0) is 0 Å². The van der Waals surface area contributed by atoms with Crippen LogP contribution in [0.5, 0.6) is 0 Å². The molecule has 0 aliphatic heterocycles. The fourth-order valence-electron chi connectivity index (χ4n) is 0.0805. The van der Waals surface area contributed by atoms with Gasteiger partial charge in [-0.2, -0.15) is 0 Å². The molecule has 0 nitrogen and oxygen atoms in total. The van der Waals surface area contributed by atoms with Crippen molar-refractivity contribution in [2.24, 2.45) is 0 Å². The van der Waals surface area contributed by atoms with Crippen molar-refractivity contribution < 1.29 is 0 Å². The van der Waals surface area contributed by atoms with Crippen LogP contribution in [0.25, 0.3) is 0 Å². The van der Waals surface area contributed by atoms with Crippen molar-refractivity contribution in [3.05, 3.63) is 0 Å². The number of hydrogen-bond donors (Lipinski definition) is 1. The predicted molar refractivity (Wildman–Crippen MR) is 45.3 cm³/mol. The molecule has 0 aromatic heterocycles. The molecule has 0 saturated heterocycles. The van der Waals surface area contributed by atoms with Crippen LogP contribution in [0.15, 0.2) is 0 Å². The van der Waals surface area contributed by atoms with Crippen LogP contribution in [-0.4, -0.2) is 33.7 Å². The standard InChI is InChI=1S/B5HS2/c1-4(3-6)5(2)7/h7H. The second-order valence-electron chi connectivity index (χ2n) is 1.20. The Kier molecular flexibility index (Phi) is 4.34. The zero-order valence-corrected chi connectivity index (χ0v) is 5.45. The monoisotopic (exact) mass is 120 g/mol. The molecule has 0 bridgehead atoms. The van der Waals surface area contributed by atoms with Crippen LogP contribution in [0, 0.1) is 0 Å². The van der Waals surface area contributed by atoms with Gasteiger partial charge in [0.25, 0.3) is 0 Å². The molecule has 0 atom stereocenters. The van der Waals surface area contributed by atoms with Crippen molar-refractivity contribution in [1.29, 1.82) is 0 Å². The van der Waals surface area contributed by atoms with Gasteiger partial charge in [-0.25, -0.2) is 0 Å². The van der Waals surface area contributed by atoms with Crippen LogP contribution < -0.4 is 0 Å². The van der Waals surface area contributed by atoms with E-state index in [0.717, 1.165) is 0 Å². The van der Waals surface area contributed by atoms with Crippen LogP contribution in [0.1, 0.15) is 0 Å². The van der Waals surface area contributed by atoms with Gasteiger partial charge in [-0.15, -0.1) is 0 Å². The predicted octanol–water partition coefficient (Wildman–Crippen LogP) is -0.875. The summed E-state index contributed by atoms with van der Waals surface area (Å²) in [6.07, 6.45) is -0.265. The third-order valence-corrected chi connectivity index (χ3v) is 1.21. The Balaban J connectivity index is 3.33. The van der Waals surface area contributed by atoms with E-state index in [1.165, 1.54) is 6.05 Å². The summed E-state index contributed by atoms with van der Waals surface area (Å²) in [5.74, 6) is -0.322. The Labute approximate surface area is 58.5 Å². The van der Waals surface area contributed by atoms with Crippen LogP contribution in [0.2, 0.25) is 0 Å². The second-order valence-corrected chi connectivity index (χ2v) is 2.07. The quantitative estimate of drug-likeness (QED) is 0.364.